The highest BCUT2D eigenvalue weighted by molar-refractivity contribution is 6.05. The number of aromatic amines is 1. The Labute approximate surface area is 200 Å². The van der Waals surface area contributed by atoms with Crippen LogP contribution in [-0.2, 0) is 9.59 Å². The van der Waals surface area contributed by atoms with Crippen LogP contribution in [0.15, 0.2) is 35.9 Å². The van der Waals surface area contributed by atoms with Crippen LogP contribution in [0, 0.1) is 17.8 Å². The Balaban J connectivity index is 1.14. The zero-order chi connectivity index (χ0) is 22.8. The SMILES string of the molecule is O=C1C[C@H](C(=O)N2CCCC3=C[C@H]4C[C@@H](CN5CCCC[C@H]45)[C@@H]32)CN1c1n[nH]c2ccccc12. The molecule has 7 heteroatoms. The molecular weight excluding hydrogens is 426 g/mol. The summed E-state index contributed by atoms with van der Waals surface area (Å²) < 4.78 is 0. The number of hydrogen-bond acceptors (Lipinski definition) is 4. The van der Waals surface area contributed by atoms with Gasteiger partial charge in [0.25, 0.3) is 0 Å². The molecule has 5 heterocycles. The third-order valence-corrected chi connectivity index (χ3v) is 9.12. The first-order valence-corrected chi connectivity index (χ1v) is 13.2. The number of anilines is 1. The van der Waals surface area contributed by atoms with Gasteiger partial charge in [-0.15, -0.1) is 0 Å². The average molecular weight is 460 g/mol. The molecule has 1 N–H and O–H groups in total. The minimum absolute atomic E-state index is 0.000844. The fourth-order valence-corrected chi connectivity index (χ4v) is 7.69. The molecule has 5 aliphatic rings. The Kier molecular flexibility index (Phi) is 4.83. The highest BCUT2D eigenvalue weighted by Crippen LogP contribution is 2.45. The molecule has 4 aliphatic heterocycles. The summed E-state index contributed by atoms with van der Waals surface area (Å²) in [6, 6.07) is 8.80. The van der Waals surface area contributed by atoms with E-state index in [0.29, 0.717) is 30.2 Å². The number of para-hydroxylation sites is 1. The Bertz CT molecular complexity index is 1170. The van der Waals surface area contributed by atoms with Crippen molar-refractivity contribution in [1.29, 1.82) is 0 Å². The summed E-state index contributed by atoms with van der Waals surface area (Å²) in [4.78, 5) is 33.5. The van der Waals surface area contributed by atoms with Crippen LogP contribution in [0.1, 0.15) is 44.9 Å². The number of benzene rings is 1. The third-order valence-electron chi connectivity index (χ3n) is 9.12. The Hall–Kier alpha value is -2.67. The van der Waals surface area contributed by atoms with E-state index >= 15 is 0 Å². The minimum Gasteiger partial charge on any atom is -0.335 e. The molecule has 7 rings (SSSR count). The van der Waals surface area contributed by atoms with E-state index in [9.17, 15) is 9.59 Å². The lowest BCUT2D eigenvalue weighted by molar-refractivity contribution is -0.140. The molecule has 0 spiro atoms. The Morgan fingerprint density at radius 2 is 2.00 bits per heavy atom. The molecule has 0 radical (unpaired) electrons. The van der Waals surface area contributed by atoms with Gasteiger partial charge < -0.3 is 4.90 Å². The fourth-order valence-electron chi connectivity index (χ4n) is 7.69. The molecule has 4 saturated heterocycles. The number of nitrogens with zero attached hydrogens (tertiary/aromatic N) is 4. The van der Waals surface area contributed by atoms with Crippen LogP contribution >= 0.6 is 0 Å². The lowest BCUT2D eigenvalue weighted by Gasteiger charge is -2.55. The van der Waals surface area contributed by atoms with E-state index in [1.807, 2.05) is 24.3 Å². The Morgan fingerprint density at radius 1 is 1.09 bits per heavy atom. The number of aromatic nitrogens is 2. The van der Waals surface area contributed by atoms with Crippen molar-refractivity contribution in [2.24, 2.45) is 17.8 Å². The first-order chi connectivity index (χ1) is 16.7. The average Bonchev–Trinajstić information content (AvgIpc) is 3.46. The largest absolute Gasteiger partial charge is 0.335 e. The third kappa shape index (κ3) is 3.16. The molecule has 2 bridgehead atoms. The second-order valence-corrected chi connectivity index (χ2v) is 11.0. The predicted octanol–water partition coefficient (Wildman–Crippen LogP) is 3.34. The number of carbonyl (C=O) groups excluding carboxylic acids is 2. The summed E-state index contributed by atoms with van der Waals surface area (Å²) in [5, 5.41) is 8.38. The maximum absolute atomic E-state index is 13.9. The summed E-state index contributed by atoms with van der Waals surface area (Å²) in [6.07, 6.45) is 10.2. The molecule has 2 aromatic rings. The van der Waals surface area contributed by atoms with Gasteiger partial charge in [0.05, 0.1) is 17.5 Å². The molecule has 0 saturated carbocycles. The van der Waals surface area contributed by atoms with Gasteiger partial charge in [0, 0.05) is 37.5 Å². The van der Waals surface area contributed by atoms with Crippen LogP contribution < -0.4 is 4.90 Å². The fraction of sp³-hybridized carbons (Fsp3) is 0.593. The summed E-state index contributed by atoms with van der Waals surface area (Å²) in [7, 11) is 0. The van der Waals surface area contributed by atoms with Gasteiger partial charge in [-0.3, -0.25) is 24.5 Å². The number of H-pyrrole nitrogens is 1. The van der Waals surface area contributed by atoms with Gasteiger partial charge in [0.15, 0.2) is 5.82 Å². The van der Waals surface area contributed by atoms with Gasteiger partial charge in [0.1, 0.15) is 0 Å². The second kappa shape index (κ2) is 7.94. The van der Waals surface area contributed by atoms with Crippen LogP contribution in [0.3, 0.4) is 0 Å². The highest BCUT2D eigenvalue weighted by Gasteiger charge is 2.48. The van der Waals surface area contributed by atoms with E-state index in [4.69, 9.17) is 0 Å². The van der Waals surface area contributed by atoms with Gasteiger partial charge >= 0.3 is 0 Å². The Morgan fingerprint density at radius 3 is 2.94 bits per heavy atom. The number of rotatable bonds is 2. The van der Waals surface area contributed by atoms with Crippen molar-refractivity contribution in [3.8, 4) is 0 Å². The van der Waals surface area contributed by atoms with Gasteiger partial charge in [-0.05, 0) is 62.6 Å². The maximum atomic E-state index is 13.9. The van der Waals surface area contributed by atoms with E-state index in [1.54, 1.807) is 4.90 Å². The smallest absolute Gasteiger partial charge is 0.229 e. The van der Waals surface area contributed by atoms with Gasteiger partial charge in [-0.1, -0.05) is 30.2 Å². The first kappa shape index (κ1) is 20.7. The van der Waals surface area contributed by atoms with Crippen LogP contribution in [0.2, 0.25) is 0 Å². The monoisotopic (exact) mass is 459 g/mol. The predicted molar refractivity (Wildman–Crippen MR) is 130 cm³/mol. The van der Waals surface area contributed by atoms with Crippen molar-refractivity contribution in [1.82, 2.24) is 20.0 Å². The number of likely N-dealkylation sites (tertiary alicyclic amines) is 1. The van der Waals surface area contributed by atoms with Gasteiger partial charge in [-0.2, -0.15) is 5.10 Å². The molecule has 0 unspecified atom stereocenters. The molecule has 1 aromatic carbocycles. The molecule has 5 atom stereocenters. The molecule has 2 amide bonds. The van der Waals surface area contributed by atoms with E-state index in [2.05, 4.69) is 26.1 Å². The number of piperidine rings is 3. The molecular formula is C27H33N5O2. The van der Waals surface area contributed by atoms with Gasteiger partial charge in [0.2, 0.25) is 11.8 Å². The van der Waals surface area contributed by atoms with Crippen molar-refractivity contribution in [3.05, 3.63) is 35.9 Å². The number of fused-ring (bicyclic) bond motifs is 7. The number of amides is 2. The summed E-state index contributed by atoms with van der Waals surface area (Å²) in [6.45, 7) is 3.59. The zero-order valence-corrected chi connectivity index (χ0v) is 19.7. The van der Waals surface area contributed by atoms with Crippen LogP contribution in [0.25, 0.3) is 10.9 Å². The van der Waals surface area contributed by atoms with Crippen molar-refractivity contribution in [2.75, 3.05) is 31.1 Å². The van der Waals surface area contributed by atoms with E-state index in [1.165, 1.54) is 37.8 Å². The highest BCUT2D eigenvalue weighted by atomic mass is 16.2. The molecule has 4 fully saturated rings. The normalized spacial score (nSPS) is 33.6. The van der Waals surface area contributed by atoms with Crippen molar-refractivity contribution in [3.63, 3.8) is 0 Å². The minimum atomic E-state index is -0.286. The molecule has 34 heavy (non-hydrogen) atoms. The number of nitrogens with one attached hydrogen (secondary N) is 1. The van der Waals surface area contributed by atoms with Crippen LogP contribution in [0.4, 0.5) is 5.82 Å². The van der Waals surface area contributed by atoms with Crippen LogP contribution in [-0.4, -0.2) is 70.1 Å². The van der Waals surface area contributed by atoms with E-state index in [-0.39, 0.29) is 30.2 Å². The van der Waals surface area contributed by atoms with E-state index in [0.717, 1.165) is 36.8 Å². The molecule has 1 aliphatic carbocycles. The topological polar surface area (TPSA) is 72.5 Å². The van der Waals surface area contributed by atoms with Crippen LogP contribution in [0.5, 0.6) is 0 Å². The molecule has 7 nitrogen and oxygen atoms in total. The maximum Gasteiger partial charge on any atom is 0.229 e. The summed E-state index contributed by atoms with van der Waals surface area (Å²) in [5.41, 5.74) is 2.42. The second-order valence-electron chi connectivity index (χ2n) is 11.0. The summed E-state index contributed by atoms with van der Waals surface area (Å²) in [5.74, 6) is 1.74. The zero-order valence-electron chi connectivity index (χ0n) is 19.7. The van der Waals surface area contributed by atoms with Crippen molar-refractivity contribution >= 4 is 28.5 Å². The lowest BCUT2D eigenvalue weighted by Crippen LogP contribution is -2.60. The molecule has 1 aromatic heterocycles. The first-order valence-electron chi connectivity index (χ1n) is 13.2. The van der Waals surface area contributed by atoms with E-state index < -0.39 is 0 Å². The standard InChI is InChI=1S/C27H33N5O2/c33-24-14-20(16-32(24)26-21-7-1-2-8-22(21)28-29-26)27(34)31-11-5-6-17-12-18-13-19(25(17)31)15-30-10-4-3-9-23(18)30/h1-2,7-8,12,18-20,23,25H,3-6,9-11,13-16H2,(H,28,29)/t18-,19-,20-,23+,25+/m0/s1. The summed E-state index contributed by atoms with van der Waals surface area (Å²) >= 11 is 0. The lowest BCUT2D eigenvalue weighted by atomic mass is 9.68. The van der Waals surface area contributed by atoms with Crippen molar-refractivity contribution in [2.45, 2.75) is 57.0 Å². The quantitative estimate of drug-likeness (QED) is 0.700. The van der Waals surface area contributed by atoms with Gasteiger partial charge in [-0.25, -0.2) is 0 Å². The molecule has 178 valence electrons. The van der Waals surface area contributed by atoms with Crippen molar-refractivity contribution < 1.29 is 9.59 Å². The number of hydrogen-bond donors (Lipinski definition) is 1. The number of carbonyl (C=O) groups is 2.